The van der Waals surface area contributed by atoms with Crippen molar-refractivity contribution in [1.82, 2.24) is 5.32 Å². The van der Waals surface area contributed by atoms with E-state index in [4.69, 9.17) is 0 Å². The van der Waals surface area contributed by atoms with Gasteiger partial charge in [0.15, 0.2) is 0 Å². The molecule has 0 spiro atoms. The Morgan fingerprint density at radius 2 is 1.84 bits per heavy atom. The van der Waals surface area contributed by atoms with Gasteiger partial charge in [-0.2, -0.15) is 0 Å². The Kier molecular flexibility index (Phi) is 4.38. The van der Waals surface area contributed by atoms with Gasteiger partial charge in [-0.15, -0.1) is 0 Å². The van der Waals surface area contributed by atoms with Gasteiger partial charge in [0, 0.05) is 4.47 Å². The van der Waals surface area contributed by atoms with Crippen LogP contribution < -0.4 is 5.32 Å². The normalized spacial score (nSPS) is 11.9. The lowest BCUT2D eigenvalue weighted by Gasteiger charge is -2.15. The molecule has 0 saturated heterocycles. The highest BCUT2D eigenvalue weighted by Gasteiger charge is 2.13. The van der Waals surface area contributed by atoms with E-state index >= 15 is 0 Å². The minimum Gasteiger partial charge on any atom is -0.345 e. The molecule has 0 saturated carbocycles. The van der Waals surface area contributed by atoms with Gasteiger partial charge < -0.3 is 5.32 Å². The first kappa shape index (κ1) is 13.8. The molecule has 1 amide bonds. The van der Waals surface area contributed by atoms with E-state index in [1.807, 2.05) is 62.4 Å². The minimum absolute atomic E-state index is 0.0121. The third kappa shape index (κ3) is 3.44. The van der Waals surface area contributed by atoms with Crippen LogP contribution in [0, 0.1) is 6.92 Å². The predicted molar refractivity (Wildman–Crippen MR) is 81.2 cm³/mol. The molecule has 0 unspecified atom stereocenters. The Morgan fingerprint density at radius 1 is 1.16 bits per heavy atom. The van der Waals surface area contributed by atoms with Crippen molar-refractivity contribution >= 4 is 21.8 Å². The number of amides is 1. The molecule has 2 rings (SSSR count). The topological polar surface area (TPSA) is 29.1 Å². The van der Waals surface area contributed by atoms with Crippen LogP contribution in [0.2, 0.25) is 0 Å². The van der Waals surface area contributed by atoms with Gasteiger partial charge in [-0.25, -0.2) is 0 Å². The lowest BCUT2D eigenvalue weighted by molar-refractivity contribution is 0.0939. The van der Waals surface area contributed by atoms with Gasteiger partial charge in [0.25, 0.3) is 5.91 Å². The van der Waals surface area contributed by atoms with Crippen LogP contribution in [0.15, 0.2) is 53.0 Å². The molecule has 3 heteroatoms. The van der Waals surface area contributed by atoms with Gasteiger partial charge in [-0.05, 0) is 53.0 Å². The molecule has 1 N–H and O–H groups in total. The molecule has 0 aliphatic rings. The van der Waals surface area contributed by atoms with E-state index < -0.39 is 0 Å². The number of nitrogens with one attached hydrogen (secondary N) is 1. The molecule has 0 heterocycles. The maximum atomic E-state index is 12.2. The van der Waals surface area contributed by atoms with Crippen molar-refractivity contribution < 1.29 is 4.79 Å². The number of halogens is 1. The first-order valence-corrected chi connectivity index (χ1v) is 6.99. The second kappa shape index (κ2) is 6.02. The smallest absolute Gasteiger partial charge is 0.252 e. The lowest BCUT2D eigenvalue weighted by Crippen LogP contribution is -2.26. The van der Waals surface area contributed by atoms with Gasteiger partial charge in [-0.3, -0.25) is 4.79 Å². The van der Waals surface area contributed by atoms with Crippen LogP contribution in [0.5, 0.6) is 0 Å². The molecule has 2 nitrogen and oxygen atoms in total. The number of benzene rings is 2. The molecule has 0 bridgehead atoms. The maximum Gasteiger partial charge on any atom is 0.252 e. The fourth-order valence-corrected chi connectivity index (χ4v) is 2.58. The summed E-state index contributed by atoms with van der Waals surface area (Å²) in [6.07, 6.45) is 0. The molecule has 0 aliphatic carbocycles. The van der Waals surface area contributed by atoms with Crippen LogP contribution in [0.3, 0.4) is 0 Å². The van der Waals surface area contributed by atoms with Crippen molar-refractivity contribution in [3.05, 3.63) is 69.7 Å². The maximum absolute atomic E-state index is 12.2. The largest absolute Gasteiger partial charge is 0.345 e. The number of aryl methyl sites for hydroxylation is 1. The molecular weight excluding hydrogens is 302 g/mol. The first-order valence-electron chi connectivity index (χ1n) is 6.20. The van der Waals surface area contributed by atoms with Crippen LogP contribution in [0.1, 0.15) is 34.5 Å². The van der Waals surface area contributed by atoms with Gasteiger partial charge in [0.1, 0.15) is 0 Å². The summed E-state index contributed by atoms with van der Waals surface area (Å²) in [4.78, 5) is 12.2. The second-order valence-electron chi connectivity index (χ2n) is 4.59. The van der Waals surface area contributed by atoms with E-state index in [9.17, 15) is 4.79 Å². The van der Waals surface area contributed by atoms with E-state index in [1.165, 1.54) is 0 Å². The number of rotatable bonds is 3. The standard InChI is InChI=1S/C16H16BrNO/c1-11-8-9-14(15(17)10-11)16(19)18-12(2)13-6-4-3-5-7-13/h3-10,12H,1-2H3,(H,18,19)/t12-/m0/s1. The average molecular weight is 318 g/mol. The molecule has 0 radical (unpaired) electrons. The van der Waals surface area contributed by atoms with Crippen molar-refractivity contribution in [2.75, 3.05) is 0 Å². The molecule has 0 aliphatic heterocycles. The highest BCUT2D eigenvalue weighted by molar-refractivity contribution is 9.10. The summed E-state index contributed by atoms with van der Waals surface area (Å²) in [7, 11) is 0. The van der Waals surface area contributed by atoms with E-state index in [0.717, 1.165) is 15.6 Å². The van der Waals surface area contributed by atoms with Gasteiger partial charge in [0.05, 0.1) is 11.6 Å². The number of hydrogen-bond acceptors (Lipinski definition) is 1. The zero-order chi connectivity index (χ0) is 13.8. The molecule has 2 aromatic carbocycles. The summed E-state index contributed by atoms with van der Waals surface area (Å²) in [6, 6.07) is 15.6. The average Bonchev–Trinajstić information content (AvgIpc) is 2.39. The van der Waals surface area contributed by atoms with Gasteiger partial charge in [0.2, 0.25) is 0 Å². The predicted octanol–water partition coefficient (Wildman–Crippen LogP) is 4.25. The lowest BCUT2D eigenvalue weighted by atomic mass is 10.1. The molecule has 0 fully saturated rings. The Balaban J connectivity index is 2.13. The van der Waals surface area contributed by atoms with Crippen molar-refractivity contribution in [3.8, 4) is 0 Å². The van der Waals surface area contributed by atoms with Gasteiger partial charge >= 0.3 is 0 Å². The fourth-order valence-electron chi connectivity index (χ4n) is 1.90. The van der Waals surface area contributed by atoms with Crippen LogP contribution in [-0.2, 0) is 0 Å². The van der Waals surface area contributed by atoms with Gasteiger partial charge in [-0.1, -0.05) is 36.4 Å². The Hall–Kier alpha value is -1.61. The summed E-state index contributed by atoms with van der Waals surface area (Å²) in [5, 5.41) is 3.00. The van der Waals surface area contributed by atoms with Crippen LogP contribution in [-0.4, -0.2) is 5.91 Å². The van der Waals surface area contributed by atoms with E-state index in [1.54, 1.807) is 0 Å². The number of hydrogen-bond donors (Lipinski definition) is 1. The van der Waals surface area contributed by atoms with Crippen molar-refractivity contribution in [2.24, 2.45) is 0 Å². The molecule has 0 aromatic heterocycles. The third-order valence-corrected chi connectivity index (χ3v) is 3.67. The van der Waals surface area contributed by atoms with Crippen LogP contribution >= 0.6 is 15.9 Å². The zero-order valence-electron chi connectivity index (χ0n) is 11.0. The Bertz CT molecular complexity index is 581. The van der Waals surface area contributed by atoms with Crippen molar-refractivity contribution in [1.29, 1.82) is 0 Å². The van der Waals surface area contributed by atoms with Crippen molar-refractivity contribution in [3.63, 3.8) is 0 Å². The molecule has 19 heavy (non-hydrogen) atoms. The molecule has 1 atom stereocenters. The van der Waals surface area contributed by atoms with Crippen LogP contribution in [0.4, 0.5) is 0 Å². The SMILES string of the molecule is Cc1ccc(C(=O)N[C@@H](C)c2ccccc2)c(Br)c1. The summed E-state index contributed by atoms with van der Waals surface area (Å²) in [5.74, 6) is -0.0665. The molecule has 98 valence electrons. The fraction of sp³-hybridized carbons (Fsp3) is 0.188. The first-order chi connectivity index (χ1) is 9.08. The summed E-state index contributed by atoms with van der Waals surface area (Å²) in [5.41, 5.74) is 2.88. The Morgan fingerprint density at radius 3 is 2.47 bits per heavy atom. The summed E-state index contributed by atoms with van der Waals surface area (Å²) < 4.78 is 0.824. The molecular formula is C16H16BrNO. The Labute approximate surface area is 122 Å². The third-order valence-electron chi connectivity index (χ3n) is 3.02. The highest BCUT2D eigenvalue weighted by atomic mass is 79.9. The zero-order valence-corrected chi connectivity index (χ0v) is 12.6. The van der Waals surface area contributed by atoms with E-state index in [2.05, 4.69) is 21.2 Å². The monoisotopic (exact) mass is 317 g/mol. The quantitative estimate of drug-likeness (QED) is 0.901. The van der Waals surface area contributed by atoms with E-state index in [-0.39, 0.29) is 11.9 Å². The number of carbonyl (C=O) groups excluding carboxylic acids is 1. The molecule has 2 aromatic rings. The van der Waals surface area contributed by atoms with Crippen molar-refractivity contribution in [2.45, 2.75) is 19.9 Å². The highest BCUT2D eigenvalue weighted by Crippen LogP contribution is 2.20. The van der Waals surface area contributed by atoms with E-state index in [0.29, 0.717) is 5.56 Å². The summed E-state index contributed by atoms with van der Waals surface area (Å²) in [6.45, 7) is 3.98. The second-order valence-corrected chi connectivity index (χ2v) is 5.44. The summed E-state index contributed by atoms with van der Waals surface area (Å²) >= 11 is 3.43. The number of carbonyl (C=O) groups is 1. The van der Waals surface area contributed by atoms with Crippen LogP contribution in [0.25, 0.3) is 0 Å². The minimum atomic E-state index is -0.0665.